The van der Waals surface area contributed by atoms with Crippen molar-refractivity contribution in [1.82, 2.24) is 0 Å². The fraction of sp³-hybridized carbons (Fsp3) is 1.00. The minimum Gasteiger partial charge on any atom is -0.348 e. The molecule has 0 N–H and O–H groups in total. The smallest absolute Gasteiger partial charge is 0.163 e. The fourth-order valence-electron chi connectivity index (χ4n) is 4.13. The molecule has 1 fully saturated rings. The molecule has 2 nitrogen and oxygen atoms in total. The maximum absolute atomic E-state index is 5.86. The molecule has 0 radical (unpaired) electrons. The Kier molecular flexibility index (Phi) is 14.6. The molecule has 1 atom stereocenters. The summed E-state index contributed by atoms with van der Waals surface area (Å²) in [5, 5.41) is 0. The lowest BCUT2D eigenvalue weighted by Crippen LogP contribution is -2.21. The van der Waals surface area contributed by atoms with Gasteiger partial charge < -0.3 is 9.47 Å². The van der Waals surface area contributed by atoms with Gasteiger partial charge in [0.2, 0.25) is 0 Å². The summed E-state index contributed by atoms with van der Waals surface area (Å²) in [6.45, 7) is 9.49. The van der Waals surface area contributed by atoms with Gasteiger partial charge in [-0.1, -0.05) is 117 Å². The molecule has 27 heavy (non-hydrogen) atoms. The molecule has 1 rings (SSSR count). The first kappa shape index (κ1) is 25.0. The van der Waals surface area contributed by atoms with E-state index in [2.05, 4.69) is 13.8 Å². The molecule has 0 saturated carbocycles. The Bertz CT molecular complexity index is 324. The Morgan fingerprint density at radius 1 is 0.667 bits per heavy atom. The molecule has 0 aromatic rings. The van der Waals surface area contributed by atoms with Crippen molar-refractivity contribution >= 4 is 0 Å². The van der Waals surface area contributed by atoms with Crippen LogP contribution >= 0.6 is 0 Å². The van der Waals surface area contributed by atoms with Crippen LogP contribution in [0.2, 0.25) is 0 Å². The number of ether oxygens (including phenoxy) is 2. The van der Waals surface area contributed by atoms with Crippen LogP contribution in [0.3, 0.4) is 0 Å². The SMILES string of the molecule is CC(C)CCCCCCCCCCCCCCCCCC1COC(C)(C)O1. The van der Waals surface area contributed by atoms with E-state index in [0.29, 0.717) is 6.10 Å². The van der Waals surface area contributed by atoms with Crippen LogP contribution in [0.4, 0.5) is 0 Å². The standard InChI is InChI=1S/C25H50O2/c1-23(2)20-18-16-14-12-10-8-6-5-7-9-11-13-15-17-19-21-24-22-26-25(3,4)27-24/h23-24H,5-22H2,1-4H3. The number of unbranched alkanes of at least 4 members (excludes halogenated alkanes) is 14. The van der Waals surface area contributed by atoms with Crippen molar-refractivity contribution in [2.24, 2.45) is 5.92 Å². The van der Waals surface area contributed by atoms with Crippen molar-refractivity contribution in [3.8, 4) is 0 Å². The van der Waals surface area contributed by atoms with Gasteiger partial charge in [-0.2, -0.15) is 0 Å². The van der Waals surface area contributed by atoms with Gasteiger partial charge in [-0.25, -0.2) is 0 Å². The molecule has 0 spiro atoms. The molecule has 2 heteroatoms. The molecule has 1 saturated heterocycles. The third-order valence-corrected chi connectivity index (χ3v) is 5.87. The van der Waals surface area contributed by atoms with Crippen molar-refractivity contribution in [3.63, 3.8) is 0 Å². The maximum Gasteiger partial charge on any atom is 0.163 e. The van der Waals surface area contributed by atoms with Crippen molar-refractivity contribution in [2.45, 2.75) is 149 Å². The molecule has 0 aromatic heterocycles. The van der Waals surface area contributed by atoms with Crippen molar-refractivity contribution in [3.05, 3.63) is 0 Å². The van der Waals surface area contributed by atoms with Crippen LogP contribution < -0.4 is 0 Å². The average molecular weight is 383 g/mol. The Morgan fingerprint density at radius 2 is 1.07 bits per heavy atom. The van der Waals surface area contributed by atoms with Gasteiger partial charge in [0.25, 0.3) is 0 Å². The van der Waals surface area contributed by atoms with Crippen molar-refractivity contribution in [1.29, 1.82) is 0 Å². The lowest BCUT2D eigenvalue weighted by atomic mass is 10.0. The quantitative estimate of drug-likeness (QED) is 0.221. The van der Waals surface area contributed by atoms with Gasteiger partial charge >= 0.3 is 0 Å². The Hall–Kier alpha value is -0.0800. The van der Waals surface area contributed by atoms with Gasteiger partial charge in [-0.3, -0.25) is 0 Å². The number of hydrogen-bond acceptors (Lipinski definition) is 2. The van der Waals surface area contributed by atoms with E-state index in [1.54, 1.807) is 0 Å². The second-order valence-corrected chi connectivity index (χ2v) is 9.73. The fourth-order valence-corrected chi connectivity index (χ4v) is 4.13. The van der Waals surface area contributed by atoms with Gasteiger partial charge in [0.05, 0.1) is 12.7 Å². The van der Waals surface area contributed by atoms with E-state index in [1.807, 2.05) is 13.8 Å². The zero-order valence-electron chi connectivity index (χ0n) is 19.2. The minimum absolute atomic E-state index is 0.333. The van der Waals surface area contributed by atoms with Crippen molar-refractivity contribution < 1.29 is 9.47 Å². The zero-order chi connectivity index (χ0) is 19.8. The summed E-state index contributed by atoms with van der Waals surface area (Å²) in [5.41, 5.74) is 0. The monoisotopic (exact) mass is 382 g/mol. The molecule has 0 amide bonds. The third kappa shape index (κ3) is 15.5. The van der Waals surface area contributed by atoms with Crippen LogP contribution in [-0.2, 0) is 9.47 Å². The molecular formula is C25H50O2. The molecule has 1 unspecified atom stereocenters. The van der Waals surface area contributed by atoms with Gasteiger partial charge in [-0.05, 0) is 26.2 Å². The van der Waals surface area contributed by atoms with Crippen LogP contribution in [0.15, 0.2) is 0 Å². The lowest BCUT2D eigenvalue weighted by Gasteiger charge is -2.16. The second-order valence-electron chi connectivity index (χ2n) is 9.73. The Morgan fingerprint density at radius 3 is 1.44 bits per heavy atom. The zero-order valence-corrected chi connectivity index (χ0v) is 19.2. The van der Waals surface area contributed by atoms with E-state index in [0.717, 1.165) is 12.5 Å². The summed E-state index contributed by atoms with van der Waals surface area (Å²) in [6.07, 6.45) is 24.4. The first-order valence-corrected chi connectivity index (χ1v) is 12.3. The molecular weight excluding hydrogens is 332 g/mol. The molecule has 0 aliphatic carbocycles. The van der Waals surface area contributed by atoms with Gasteiger partial charge in [0, 0.05) is 0 Å². The van der Waals surface area contributed by atoms with Gasteiger partial charge in [0.1, 0.15) is 0 Å². The average Bonchev–Trinajstić information content (AvgIpc) is 2.96. The maximum atomic E-state index is 5.86. The molecule has 162 valence electrons. The lowest BCUT2D eigenvalue weighted by molar-refractivity contribution is -0.139. The number of rotatable bonds is 18. The Labute approximate surface area is 171 Å². The summed E-state index contributed by atoms with van der Waals surface area (Å²) in [6, 6.07) is 0. The summed E-state index contributed by atoms with van der Waals surface area (Å²) in [7, 11) is 0. The highest BCUT2D eigenvalue weighted by molar-refractivity contribution is 4.70. The first-order chi connectivity index (χ1) is 13.0. The molecule has 0 bridgehead atoms. The predicted octanol–water partition coefficient (Wildman–Crippen LogP) is 8.43. The van der Waals surface area contributed by atoms with E-state index in [-0.39, 0.29) is 5.79 Å². The van der Waals surface area contributed by atoms with Gasteiger partial charge in [-0.15, -0.1) is 0 Å². The van der Waals surface area contributed by atoms with E-state index in [9.17, 15) is 0 Å². The number of hydrogen-bond donors (Lipinski definition) is 0. The predicted molar refractivity (Wildman–Crippen MR) is 118 cm³/mol. The van der Waals surface area contributed by atoms with Crippen LogP contribution in [0.25, 0.3) is 0 Å². The topological polar surface area (TPSA) is 18.5 Å². The third-order valence-electron chi connectivity index (χ3n) is 5.87. The summed E-state index contributed by atoms with van der Waals surface area (Å²) >= 11 is 0. The Balaban J connectivity index is 1.69. The van der Waals surface area contributed by atoms with Crippen LogP contribution in [0.1, 0.15) is 137 Å². The second kappa shape index (κ2) is 15.8. The van der Waals surface area contributed by atoms with Crippen LogP contribution in [0.5, 0.6) is 0 Å². The highest BCUT2D eigenvalue weighted by atomic mass is 16.7. The summed E-state index contributed by atoms with van der Waals surface area (Å²) < 4.78 is 11.5. The largest absolute Gasteiger partial charge is 0.348 e. The molecule has 1 aliphatic heterocycles. The van der Waals surface area contributed by atoms with Gasteiger partial charge in [0.15, 0.2) is 5.79 Å². The summed E-state index contributed by atoms with van der Waals surface area (Å²) in [4.78, 5) is 0. The molecule has 1 aliphatic rings. The van der Waals surface area contributed by atoms with Crippen LogP contribution in [-0.4, -0.2) is 18.5 Å². The van der Waals surface area contributed by atoms with E-state index < -0.39 is 0 Å². The van der Waals surface area contributed by atoms with E-state index in [4.69, 9.17) is 9.47 Å². The highest BCUT2D eigenvalue weighted by Crippen LogP contribution is 2.25. The van der Waals surface area contributed by atoms with E-state index in [1.165, 1.54) is 109 Å². The van der Waals surface area contributed by atoms with Crippen LogP contribution in [0, 0.1) is 5.92 Å². The normalized spacial score (nSPS) is 19.2. The van der Waals surface area contributed by atoms with E-state index >= 15 is 0 Å². The van der Waals surface area contributed by atoms with Crippen molar-refractivity contribution in [2.75, 3.05) is 6.61 Å². The molecule has 1 heterocycles. The first-order valence-electron chi connectivity index (χ1n) is 12.3. The molecule has 0 aromatic carbocycles. The highest BCUT2D eigenvalue weighted by Gasteiger charge is 2.31. The summed E-state index contributed by atoms with van der Waals surface area (Å²) in [5.74, 6) is 0.539. The minimum atomic E-state index is -0.349.